The second-order valence-electron chi connectivity index (χ2n) is 7.26. The van der Waals surface area contributed by atoms with Crippen molar-refractivity contribution in [2.24, 2.45) is 5.73 Å². The van der Waals surface area contributed by atoms with E-state index in [0.717, 1.165) is 19.1 Å². The third kappa shape index (κ3) is 4.24. The molecule has 6 nitrogen and oxygen atoms in total. The predicted octanol–water partition coefficient (Wildman–Crippen LogP) is 1.46. The summed E-state index contributed by atoms with van der Waals surface area (Å²) in [5.74, 6) is -0.445. The zero-order valence-electron chi connectivity index (χ0n) is 15.0. The molecule has 0 unspecified atom stereocenters. The molecule has 1 saturated carbocycles. The maximum Gasteiger partial charge on any atom is 0.224 e. The standard InChI is InChI=1S/C18H26FN3O3S/c1-26(24,25)22-15(8-9-16(22)11-20)10-18(23)21(14-6-7-14)12-13-4-2-3-5-17(13)19/h2-5,14-16H,6-12,20H2,1H3/t15-,16+/m1/s1. The van der Waals surface area contributed by atoms with Gasteiger partial charge in [-0.15, -0.1) is 0 Å². The van der Waals surface area contributed by atoms with Gasteiger partial charge in [0.1, 0.15) is 5.82 Å². The van der Waals surface area contributed by atoms with Crippen LogP contribution in [0.3, 0.4) is 0 Å². The summed E-state index contributed by atoms with van der Waals surface area (Å²) in [7, 11) is -3.43. The van der Waals surface area contributed by atoms with E-state index in [4.69, 9.17) is 5.73 Å². The Kier molecular flexibility index (Phi) is 5.64. The quantitative estimate of drug-likeness (QED) is 0.773. The van der Waals surface area contributed by atoms with E-state index in [1.165, 1.54) is 10.4 Å². The highest BCUT2D eigenvalue weighted by Gasteiger charge is 2.41. The van der Waals surface area contributed by atoms with Gasteiger partial charge in [-0.2, -0.15) is 4.31 Å². The summed E-state index contributed by atoms with van der Waals surface area (Å²) in [5.41, 5.74) is 6.19. The average molecular weight is 383 g/mol. The van der Waals surface area contributed by atoms with Crippen LogP contribution in [0.2, 0.25) is 0 Å². The first kappa shape index (κ1) is 19.3. The Hall–Kier alpha value is -1.51. The highest BCUT2D eigenvalue weighted by molar-refractivity contribution is 7.88. The molecule has 1 heterocycles. The van der Waals surface area contributed by atoms with Crippen molar-refractivity contribution in [1.82, 2.24) is 9.21 Å². The molecule has 0 spiro atoms. The first-order valence-corrected chi connectivity index (χ1v) is 10.9. The molecule has 3 rings (SSSR count). The Labute approximate surface area is 154 Å². The van der Waals surface area contributed by atoms with Gasteiger partial charge in [-0.1, -0.05) is 18.2 Å². The Morgan fingerprint density at radius 2 is 1.88 bits per heavy atom. The summed E-state index contributed by atoms with van der Waals surface area (Å²) in [5, 5.41) is 0. The van der Waals surface area contributed by atoms with Crippen molar-refractivity contribution in [3.8, 4) is 0 Å². The molecule has 2 fully saturated rings. The molecule has 1 aromatic carbocycles. The molecule has 8 heteroatoms. The molecular formula is C18H26FN3O3S. The first-order chi connectivity index (χ1) is 12.3. The molecular weight excluding hydrogens is 357 g/mol. The third-order valence-electron chi connectivity index (χ3n) is 5.22. The van der Waals surface area contributed by atoms with Crippen molar-refractivity contribution in [3.63, 3.8) is 0 Å². The smallest absolute Gasteiger partial charge is 0.224 e. The van der Waals surface area contributed by atoms with Gasteiger partial charge < -0.3 is 10.6 Å². The highest BCUT2D eigenvalue weighted by Crippen LogP contribution is 2.33. The van der Waals surface area contributed by atoms with Crippen molar-refractivity contribution in [2.45, 2.75) is 56.8 Å². The number of hydrogen-bond acceptors (Lipinski definition) is 4. The fourth-order valence-corrected chi connectivity index (χ4v) is 5.28. The monoisotopic (exact) mass is 383 g/mol. The van der Waals surface area contributed by atoms with Crippen LogP contribution >= 0.6 is 0 Å². The number of amides is 1. The number of nitrogens with two attached hydrogens (primary N) is 1. The minimum absolute atomic E-state index is 0.118. The SMILES string of the molecule is CS(=O)(=O)N1[C@H](CN)CC[C@@H]1CC(=O)N(Cc1ccccc1F)C1CC1. The minimum atomic E-state index is -3.43. The van der Waals surface area contributed by atoms with Crippen LogP contribution in [0.5, 0.6) is 0 Å². The highest BCUT2D eigenvalue weighted by atomic mass is 32.2. The van der Waals surface area contributed by atoms with Crippen molar-refractivity contribution in [1.29, 1.82) is 0 Å². The van der Waals surface area contributed by atoms with Crippen molar-refractivity contribution < 1.29 is 17.6 Å². The molecule has 0 aromatic heterocycles. The molecule has 2 atom stereocenters. The fourth-order valence-electron chi connectivity index (χ4n) is 3.83. The Morgan fingerprint density at radius 3 is 2.46 bits per heavy atom. The van der Waals surface area contributed by atoms with E-state index in [-0.39, 0.29) is 49.4 Å². The molecule has 2 N–H and O–H groups in total. The summed E-state index contributed by atoms with van der Waals surface area (Å²) in [4.78, 5) is 14.6. The maximum absolute atomic E-state index is 14.0. The zero-order valence-corrected chi connectivity index (χ0v) is 15.8. The van der Waals surface area contributed by atoms with Gasteiger partial charge in [-0.25, -0.2) is 12.8 Å². The molecule has 1 saturated heterocycles. The van der Waals surface area contributed by atoms with E-state index in [1.807, 2.05) is 0 Å². The topological polar surface area (TPSA) is 83.7 Å². The second-order valence-corrected chi connectivity index (χ2v) is 9.15. The van der Waals surface area contributed by atoms with E-state index in [9.17, 15) is 17.6 Å². The number of hydrogen-bond donors (Lipinski definition) is 1. The lowest BCUT2D eigenvalue weighted by Gasteiger charge is -2.29. The van der Waals surface area contributed by atoms with Gasteiger partial charge in [-0.05, 0) is 31.7 Å². The second kappa shape index (κ2) is 7.62. The van der Waals surface area contributed by atoms with Gasteiger partial charge in [0.2, 0.25) is 15.9 Å². The molecule has 1 aliphatic heterocycles. The van der Waals surface area contributed by atoms with Crippen LogP contribution in [0.25, 0.3) is 0 Å². The minimum Gasteiger partial charge on any atom is -0.335 e. The summed E-state index contributed by atoms with van der Waals surface area (Å²) >= 11 is 0. The molecule has 1 aliphatic carbocycles. The lowest BCUT2D eigenvalue weighted by Crippen LogP contribution is -2.46. The van der Waals surface area contributed by atoms with Gasteiger partial charge in [0.25, 0.3) is 0 Å². The summed E-state index contributed by atoms with van der Waals surface area (Å²) in [6, 6.07) is 5.96. The van der Waals surface area contributed by atoms with Crippen molar-refractivity contribution in [3.05, 3.63) is 35.6 Å². The fraction of sp³-hybridized carbons (Fsp3) is 0.611. The van der Waals surface area contributed by atoms with E-state index >= 15 is 0 Å². The number of benzene rings is 1. The van der Waals surface area contributed by atoms with Crippen LogP contribution in [0.4, 0.5) is 4.39 Å². The number of rotatable bonds is 7. The van der Waals surface area contributed by atoms with Crippen LogP contribution in [0.1, 0.15) is 37.7 Å². The van der Waals surface area contributed by atoms with Gasteiger partial charge in [-0.3, -0.25) is 4.79 Å². The molecule has 0 bridgehead atoms. The van der Waals surface area contributed by atoms with Crippen LogP contribution < -0.4 is 5.73 Å². The zero-order chi connectivity index (χ0) is 18.9. The van der Waals surface area contributed by atoms with Crippen molar-refractivity contribution >= 4 is 15.9 Å². The Morgan fingerprint density at radius 1 is 1.23 bits per heavy atom. The number of halogens is 1. The predicted molar refractivity (Wildman–Crippen MR) is 97.1 cm³/mol. The molecule has 2 aliphatic rings. The lowest BCUT2D eigenvalue weighted by atomic mass is 10.1. The van der Waals surface area contributed by atoms with Crippen molar-refractivity contribution in [2.75, 3.05) is 12.8 Å². The van der Waals surface area contributed by atoms with Crippen LogP contribution in [-0.4, -0.2) is 54.5 Å². The summed E-state index contributed by atoms with van der Waals surface area (Å²) < 4.78 is 39.7. The van der Waals surface area contributed by atoms with Gasteiger partial charge in [0.05, 0.1) is 6.26 Å². The summed E-state index contributed by atoms with van der Waals surface area (Å²) in [6.45, 7) is 0.474. The summed E-state index contributed by atoms with van der Waals surface area (Å²) in [6.07, 6.45) is 4.39. The first-order valence-electron chi connectivity index (χ1n) is 9.02. The van der Waals surface area contributed by atoms with Crippen LogP contribution in [0, 0.1) is 5.82 Å². The molecule has 0 radical (unpaired) electrons. The largest absolute Gasteiger partial charge is 0.335 e. The average Bonchev–Trinajstić information content (AvgIpc) is 3.32. The van der Waals surface area contributed by atoms with E-state index < -0.39 is 10.0 Å². The number of carbonyl (C=O) groups excluding carboxylic acids is 1. The number of carbonyl (C=O) groups is 1. The van der Waals surface area contributed by atoms with E-state index in [2.05, 4.69) is 0 Å². The Bertz CT molecular complexity index is 767. The lowest BCUT2D eigenvalue weighted by molar-refractivity contribution is -0.133. The van der Waals surface area contributed by atoms with Gasteiger partial charge in [0.15, 0.2) is 0 Å². The van der Waals surface area contributed by atoms with Gasteiger partial charge in [0, 0.05) is 43.2 Å². The molecule has 26 heavy (non-hydrogen) atoms. The number of nitrogens with zero attached hydrogens (tertiary/aromatic N) is 2. The third-order valence-corrected chi connectivity index (χ3v) is 6.59. The molecule has 1 aromatic rings. The molecule has 1 amide bonds. The van der Waals surface area contributed by atoms with E-state index in [0.29, 0.717) is 18.4 Å². The number of sulfonamides is 1. The van der Waals surface area contributed by atoms with Crippen LogP contribution in [0.15, 0.2) is 24.3 Å². The van der Waals surface area contributed by atoms with Crippen LogP contribution in [-0.2, 0) is 21.4 Å². The van der Waals surface area contributed by atoms with Gasteiger partial charge >= 0.3 is 0 Å². The Balaban J connectivity index is 1.73. The molecule has 144 valence electrons. The normalized spacial score (nSPS) is 24.0. The maximum atomic E-state index is 14.0. The van der Waals surface area contributed by atoms with E-state index in [1.54, 1.807) is 23.1 Å².